The van der Waals surface area contributed by atoms with Gasteiger partial charge in [0.25, 0.3) is 5.56 Å². The lowest BCUT2D eigenvalue weighted by molar-refractivity contribution is -0.136. The molecule has 0 spiro atoms. The number of nitrogens with zero attached hydrogens (tertiary/aromatic N) is 3. The normalized spacial score (nSPS) is 11.1. The molecule has 0 radical (unpaired) electrons. The first kappa shape index (κ1) is 16.2. The van der Waals surface area contributed by atoms with Crippen molar-refractivity contribution in [3.63, 3.8) is 0 Å². The minimum absolute atomic E-state index is 0.283. The minimum atomic E-state index is -1.03. The molecule has 0 saturated heterocycles. The smallest absolute Gasteiger partial charge is 0.309 e. The number of carbonyl (C=O) groups is 1. The van der Waals surface area contributed by atoms with Crippen LogP contribution < -0.4 is 10.3 Å². The van der Waals surface area contributed by atoms with Gasteiger partial charge in [-0.05, 0) is 30.3 Å². The van der Waals surface area contributed by atoms with Gasteiger partial charge in [0.2, 0.25) is 5.13 Å². The Morgan fingerprint density at radius 2 is 2.04 bits per heavy atom. The Morgan fingerprint density at radius 1 is 1.23 bits per heavy atom. The van der Waals surface area contributed by atoms with Crippen molar-refractivity contribution in [3.8, 4) is 10.9 Å². The number of hydrogen-bond acceptors (Lipinski definition) is 6. The number of thiazole rings is 1. The van der Waals surface area contributed by atoms with Crippen LogP contribution in [0.2, 0.25) is 0 Å². The molecule has 0 aliphatic heterocycles. The van der Waals surface area contributed by atoms with Crippen LogP contribution >= 0.6 is 11.3 Å². The van der Waals surface area contributed by atoms with E-state index in [1.807, 2.05) is 24.3 Å². The number of carboxylic acid groups (broad SMARTS) is 1. The van der Waals surface area contributed by atoms with Crippen molar-refractivity contribution in [2.75, 3.05) is 7.11 Å². The molecule has 0 aliphatic rings. The maximum Gasteiger partial charge on any atom is 0.309 e. The molecule has 7 nitrogen and oxygen atoms in total. The number of benzene rings is 2. The van der Waals surface area contributed by atoms with Gasteiger partial charge >= 0.3 is 5.97 Å². The first-order valence-corrected chi connectivity index (χ1v) is 8.56. The molecule has 2 aromatic carbocycles. The molecule has 0 amide bonds. The van der Waals surface area contributed by atoms with Crippen LogP contribution in [0.5, 0.6) is 5.75 Å². The van der Waals surface area contributed by atoms with E-state index in [1.165, 1.54) is 23.1 Å². The lowest BCUT2D eigenvalue weighted by Crippen LogP contribution is -2.24. The van der Waals surface area contributed by atoms with E-state index in [0.717, 1.165) is 10.2 Å². The molecule has 2 heterocycles. The number of para-hydroxylation sites is 1. The molecule has 4 rings (SSSR count). The quantitative estimate of drug-likeness (QED) is 0.596. The summed E-state index contributed by atoms with van der Waals surface area (Å²) >= 11 is 1.33. The third-order valence-corrected chi connectivity index (χ3v) is 4.98. The number of aliphatic carboxylic acids is 1. The topological polar surface area (TPSA) is 94.3 Å². The fourth-order valence-electron chi connectivity index (χ4n) is 2.76. The van der Waals surface area contributed by atoms with E-state index in [9.17, 15) is 14.7 Å². The Bertz CT molecular complexity index is 1180. The van der Waals surface area contributed by atoms with Gasteiger partial charge in [0.05, 0.1) is 34.8 Å². The fraction of sp³-hybridized carbons (Fsp3) is 0.111. The largest absolute Gasteiger partial charge is 0.497 e. The average molecular weight is 367 g/mol. The summed E-state index contributed by atoms with van der Waals surface area (Å²) in [5.41, 5.74) is 0.692. The minimum Gasteiger partial charge on any atom is -0.497 e. The van der Waals surface area contributed by atoms with Crippen LogP contribution in [0.1, 0.15) is 5.69 Å². The average Bonchev–Trinajstić information content (AvgIpc) is 3.07. The van der Waals surface area contributed by atoms with E-state index in [2.05, 4.69) is 10.1 Å². The molecule has 0 saturated carbocycles. The van der Waals surface area contributed by atoms with E-state index in [-0.39, 0.29) is 17.7 Å². The Morgan fingerprint density at radius 3 is 2.77 bits per heavy atom. The van der Waals surface area contributed by atoms with Crippen molar-refractivity contribution in [2.24, 2.45) is 0 Å². The monoisotopic (exact) mass is 367 g/mol. The molecule has 0 aliphatic carbocycles. The molecule has 0 bridgehead atoms. The van der Waals surface area contributed by atoms with Gasteiger partial charge in [0.1, 0.15) is 5.75 Å². The molecule has 4 aromatic rings. The molecular formula is C18H13N3O4S. The maximum atomic E-state index is 12.9. The van der Waals surface area contributed by atoms with E-state index >= 15 is 0 Å². The highest BCUT2D eigenvalue weighted by Gasteiger charge is 2.17. The van der Waals surface area contributed by atoms with Crippen LogP contribution in [0.4, 0.5) is 0 Å². The zero-order valence-corrected chi connectivity index (χ0v) is 14.5. The van der Waals surface area contributed by atoms with Gasteiger partial charge in [-0.2, -0.15) is 9.78 Å². The van der Waals surface area contributed by atoms with Gasteiger partial charge in [-0.15, -0.1) is 0 Å². The number of aromatic nitrogens is 3. The molecule has 1 N–H and O–H groups in total. The van der Waals surface area contributed by atoms with Gasteiger partial charge in [-0.3, -0.25) is 9.59 Å². The number of hydrogen-bond donors (Lipinski definition) is 1. The van der Waals surface area contributed by atoms with E-state index in [0.29, 0.717) is 21.7 Å². The maximum absolute atomic E-state index is 12.9. The summed E-state index contributed by atoms with van der Waals surface area (Å²) in [4.78, 5) is 28.6. The van der Waals surface area contributed by atoms with Crippen LogP contribution in [-0.4, -0.2) is 33.0 Å². The van der Waals surface area contributed by atoms with Crippen LogP contribution in [0, 0.1) is 0 Å². The lowest BCUT2D eigenvalue weighted by atomic mass is 10.1. The number of ether oxygens (including phenoxy) is 1. The highest BCUT2D eigenvalue weighted by Crippen LogP contribution is 2.25. The summed E-state index contributed by atoms with van der Waals surface area (Å²) in [6.45, 7) is 0. The molecule has 0 atom stereocenters. The van der Waals surface area contributed by atoms with E-state index in [4.69, 9.17) is 4.74 Å². The summed E-state index contributed by atoms with van der Waals surface area (Å²) in [6.07, 6.45) is -0.311. The molecule has 0 unspecified atom stereocenters. The Balaban J connectivity index is 2.01. The lowest BCUT2D eigenvalue weighted by Gasteiger charge is -2.09. The molecule has 0 fully saturated rings. The summed E-state index contributed by atoms with van der Waals surface area (Å²) < 4.78 is 7.28. The molecule has 26 heavy (non-hydrogen) atoms. The predicted octanol–water partition coefficient (Wildman–Crippen LogP) is 2.63. The summed E-state index contributed by atoms with van der Waals surface area (Å²) in [6, 6.07) is 12.4. The second-order valence-corrected chi connectivity index (χ2v) is 6.62. The van der Waals surface area contributed by atoms with Crippen molar-refractivity contribution in [1.82, 2.24) is 14.8 Å². The van der Waals surface area contributed by atoms with Crippen LogP contribution in [0.25, 0.3) is 26.1 Å². The van der Waals surface area contributed by atoms with Gasteiger partial charge in [0.15, 0.2) is 0 Å². The van der Waals surface area contributed by atoms with Crippen LogP contribution in [0.3, 0.4) is 0 Å². The number of rotatable bonds is 4. The van der Waals surface area contributed by atoms with Crippen molar-refractivity contribution in [1.29, 1.82) is 0 Å². The second kappa shape index (κ2) is 6.23. The number of carboxylic acids is 1. The van der Waals surface area contributed by atoms with Crippen molar-refractivity contribution in [3.05, 3.63) is 58.5 Å². The Hall–Kier alpha value is -3.26. The first-order chi connectivity index (χ1) is 12.6. The van der Waals surface area contributed by atoms with Gasteiger partial charge < -0.3 is 9.84 Å². The van der Waals surface area contributed by atoms with Gasteiger partial charge in [0, 0.05) is 5.39 Å². The van der Waals surface area contributed by atoms with Gasteiger partial charge in [-0.1, -0.05) is 23.5 Å². The summed E-state index contributed by atoms with van der Waals surface area (Å²) in [5, 5.41) is 14.8. The molecular weight excluding hydrogens is 354 g/mol. The number of fused-ring (bicyclic) bond motifs is 2. The van der Waals surface area contributed by atoms with E-state index < -0.39 is 5.97 Å². The number of methoxy groups -OCH3 is 1. The van der Waals surface area contributed by atoms with Crippen LogP contribution in [-0.2, 0) is 11.2 Å². The third-order valence-electron chi connectivity index (χ3n) is 3.96. The first-order valence-electron chi connectivity index (χ1n) is 7.74. The highest BCUT2D eigenvalue weighted by molar-refractivity contribution is 7.20. The highest BCUT2D eigenvalue weighted by atomic mass is 32.1. The zero-order chi connectivity index (χ0) is 18.3. The van der Waals surface area contributed by atoms with Crippen molar-refractivity contribution >= 4 is 38.3 Å². The molecule has 8 heteroatoms. The van der Waals surface area contributed by atoms with Crippen molar-refractivity contribution < 1.29 is 14.6 Å². The molecule has 2 aromatic heterocycles. The predicted molar refractivity (Wildman–Crippen MR) is 98.4 cm³/mol. The zero-order valence-electron chi connectivity index (χ0n) is 13.7. The van der Waals surface area contributed by atoms with Crippen LogP contribution in [0.15, 0.2) is 47.3 Å². The standard InChI is InChI=1S/C18H13N3O4S/c1-25-10-6-7-11-12(8-10)14(9-16(22)23)20-21(17(11)24)18-19-13-4-2-3-5-15(13)26-18/h2-8H,9H2,1H3,(H,22,23). The second-order valence-electron chi connectivity index (χ2n) is 5.61. The molecule has 130 valence electrons. The van der Waals surface area contributed by atoms with Crippen molar-refractivity contribution in [2.45, 2.75) is 6.42 Å². The summed E-state index contributed by atoms with van der Waals surface area (Å²) in [5.74, 6) is -0.501. The Kier molecular flexibility index (Phi) is 3.89. The summed E-state index contributed by atoms with van der Waals surface area (Å²) in [7, 11) is 1.51. The van der Waals surface area contributed by atoms with Gasteiger partial charge in [-0.25, -0.2) is 4.98 Å². The SMILES string of the molecule is COc1ccc2c(=O)n(-c3nc4ccccc4s3)nc(CC(=O)O)c2c1. The fourth-order valence-corrected chi connectivity index (χ4v) is 3.68. The Labute approximate surface area is 151 Å². The van der Waals surface area contributed by atoms with E-state index in [1.54, 1.807) is 18.2 Å². The third kappa shape index (κ3) is 2.70.